The highest BCUT2D eigenvalue weighted by atomic mass is 16.2. The SMILES string of the molecule is CC(C)=CCCC1=CC[C@H](/C(C)=N/NC(N)=O)CC1. The minimum atomic E-state index is -0.604. The van der Waals surface area contributed by atoms with Gasteiger partial charge in [-0.05, 0) is 52.9 Å². The van der Waals surface area contributed by atoms with Crippen LogP contribution in [-0.4, -0.2) is 11.7 Å². The number of urea groups is 1. The largest absolute Gasteiger partial charge is 0.350 e. The van der Waals surface area contributed by atoms with E-state index in [9.17, 15) is 4.79 Å². The van der Waals surface area contributed by atoms with Gasteiger partial charge >= 0.3 is 6.03 Å². The van der Waals surface area contributed by atoms with Crippen molar-refractivity contribution < 1.29 is 4.79 Å². The summed E-state index contributed by atoms with van der Waals surface area (Å²) in [5, 5.41) is 4.01. The van der Waals surface area contributed by atoms with Crippen LogP contribution in [0.25, 0.3) is 0 Å². The highest BCUT2D eigenvalue weighted by Crippen LogP contribution is 2.27. The first-order valence-corrected chi connectivity index (χ1v) is 6.90. The Morgan fingerprint density at radius 1 is 1.53 bits per heavy atom. The molecule has 1 aliphatic carbocycles. The van der Waals surface area contributed by atoms with Gasteiger partial charge in [-0.1, -0.05) is 23.3 Å². The van der Waals surface area contributed by atoms with Crippen LogP contribution in [0.3, 0.4) is 0 Å². The fourth-order valence-electron chi connectivity index (χ4n) is 2.28. The maximum Gasteiger partial charge on any atom is 0.332 e. The molecule has 0 saturated carbocycles. The maximum atomic E-state index is 10.6. The Hall–Kier alpha value is -1.58. The van der Waals surface area contributed by atoms with Crippen LogP contribution in [-0.2, 0) is 0 Å². The number of amides is 2. The summed E-state index contributed by atoms with van der Waals surface area (Å²) in [5.41, 5.74) is 11.2. The molecule has 3 N–H and O–H groups in total. The number of hydrogen-bond donors (Lipinski definition) is 2. The summed E-state index contributed by atoms with van der Waals surface area (Å²) >= 11 is 0. The summed E-state index contributed by atoms with van der Waals surface area (Å²) in [6.07, 6.45) is 10.2. The molecule has 1 aliphatic rings. The molecule has 19 heavy (non-hydrogen) atoms. The number of nitrogens with one attached hydrogen (secondary N) is 1. The van der Waals surface area contributed by atoms with Crippen molar-refractivity contribution in [1.82, 2.24) is 5.43 Å². The molecule has 0 heterocycles. The van der Waals surface area contributed by atoms with Crippen molar-refractivity contribution in [2.45, 2.75) is 52.9 Å². The number of hydrogen-bond acceptors (Lipinski definition) is 2. The van der Waals surface area contributed by atoms with Crippen LogP contribution in [0.5, 0.6) is 0 Å². The number of nitrogens with two attached hydrogens (primary N) is 1. The molecule has 1 atom stereocenters. The zero-order valence-electron chi connectivity index (χ0n) is 12.2. The van der Waals surface area contributed by atoms with Gasteiger partial charge in [0.1, 0.15) is 0 Å². The third-order valence-corrected chi connectivity index (χ3v) is 3.46. The van der Waals surface area contributed by atoms with Gasteiger partial charge in [0.15, 0.2) is 0 Å². The first kappa shape index (κ1) is 15.5. The summed E-state index contributed by atoms with van der Waals surface area (Å²) in [7, 11) is 0. The minimum Gasteiger partial charge on any atom is -0.350 e. The molecule has 2 amide bonds. The Balaban J connectivity index is 2.42. The van der Waals surface area contributed by atoms with Crippen molar-refractivity contribution in [2.24, 2.45) is 16.8 Å². The lowest BCUT2D eigenvalue weighted by atomic mass is 9.85. The van der Waals surface area contributed by atoms with E-state index in [2.05, 4.69) is 36.5 Å². The summed E-state index contributed by atoms with van der Waals surface area (Å²) in [5.74, 6) is 0.430. The van der Waals surface area contributed by atoms with Crippen LogP contribution in [0.15, 0.2) is 28.4 Å². The molecule has 0 aromatic carbocycles. The molecular formula is C15H25N3O. The average molecular weight is 263 g/mol. The number of carbonyl (C=O) groups is 1. The molecule has 0 aromatic rings. The standard InChI is InChI=1S/C15H25N3O/c1-11(2)5-4-6-13-7-9-14(10-8-13)12(3)17-18-15(16)19/h5,7,14H,4,6,8-10H2,1-3H3,(H3,16,18,19)/b17-12+/t14-/m0/s1. The third-order valence-electron chi connectivity index (χ3n) is 3.46. The van der Waals surface area contributed by atoms with Crippen molar-refractivity contribution in [3.8, 4) is 0 Å². The highest BCUT2D eigenvalue weighted by molar-refractivity contribution is 5.86. The molecule has 4 heteroatoms. The summed E-state index contributed by atoms with van der Waals surface area (Å²) in [6.45, 7) is 6.22. The van der Waals surface area contributed by atoms with E-state index in [1.807, 2.05) is 6.92 Å². The molecule has 0 aliphatic heterocycles. The molecule has 0 unspecified atom stereocenters. The zero-order chi connectivity index (χ0) is 14.3. The number of rotatable bonds is 5. The second kappa shape index (κ2) is 7.77. The number of carbonyl (C=O) groups excluding carboxylic acids is 1. The second-order valence-corrected chi connectivity index (χ2v) is 5.38. The fourth-order valence-corrected chi connectivity index (χ4v) is 2.28. The topological polar surface area (TPSA) is 67.5 Å². The average Bonchev–Trinajstić information content (AvgIpc) is 2.36. The highest BCUT2D eigenvalue weighted by Gasteiger charge is 2.16. The van der Waals surface area contributed by atoms with Gasteiger partial charge < -0.3 is 5.73 Å². The minimum absolute atomic E-state index is 0.430. The fraction of sp³-hybridized carbons (Fsp3) is 0.600. The Labute approximate surface area is 115 Å². The van der Waals surface area contributed by atoms with Crippen molar-refractivity contribution in [3.05, 3.63) is 23.3 Å². The summed E-state index contributed by atoms with van der Waals surface area (Å²) in [6, 6.07) is -0.604. The predicted octanol–water partition coefficient (Wildman–Crippen LogP) is 3.50. The van der Waals surface area contributed by atoms with Gasteiger partial charge in [0.25, 0.3) is 0 Å². The van der Waals surface area contributed by atoms with Crippen molar-refractivity contribution in [1.29, 1.82) is 0 Å². The van der Waals surface area contributed by atoms with E-state index in [-0.39, 0.29) is 0 Å². The van der Waals surface area contributed by atoms with Gasteiger partial charge in [-0.15, -0.1) is 0 Å². The summed E-state index contributed by atoms with van der Waals surface area (Å²) < 4.78 is 0. The molecule has 0 radical (unpaired) electrons. The van der Waals surface area contributed by atoms with Crippen LogP contribution in [0, 0.1) is 5.92 Å². The normalized spacial score (nSPS) is 19.6. The Kier molecular flexibility index (Phi) is 6.33. The lowest BCUT2D eigenvalue weighted by Crippen LogP contribution is -2.27. The van der Waals surface area contributed by atoms with Crippen LogP contribution >= 0.6 is 0 Å². The zero-order valence-corrected chi connectivity index (χ0v) is 12.2. The third kappa shape index (κ3) is 6.22. The van der Waals surface area contributed by atoms with Gasteiger partial charge in [-0.2, -0.15) is 5.10 Å². The van der Waals surface area contributed by atoms with E-state index in [1.54, 1.807) is 5.57 Å². The monoisotopic (exact) mass is 263 g/mol. The van der Waals surface area contributed by atoms with E-state index in [1.165, 1.54) is 5.57 Å². The van der Waals surface area contributed by atoms with E-state index in [0.717, 1.165) is 37.8 Å². The van der Waals surface area contributed by atoms with Gasteiger partial charge in [-0.3, -0.25) is 0 Å². The molecule has 4 nitrogen and oxygen atoms in total. The van der Waals surface area contributed by atoms with E-state index in [4.69, 9.17) is 5.73 Å². The molecule has 0 saturated heterocycles. The second-order valence-electron chi connectivity index (χ2n) is 5.38. The van der Waals surface area contributed by atoms with Crippen LogP contribution in [0.4, 0.5) is 4.79 Å². The van der Waals surface area contributed by atoms with Crippen LogP contribution in [0.1, 0.15) is 52.9 Å². The molecule has 0 bridgehead atoms. The summed E-state index contributed by atoms with van der Waals surface area (Å²) in [4.78, 5) is 10.6. The lowest BCUT2D eigenvalue weighted by molar-refractivity contribution is 0.249. The molecular weight excluding hydrogens is 238 g/mol. The van der Waals surface area contributed by atoms with E-state index >= 15 is 0 Å². The smallest absolute Gasteiger partial charge is 0.332 e. The van der Waals surface area contributed by atoms with Gasteiger partial charge in [0.05, 0.1) is 0 Å². The molecule has 0 aromatic heterocycles. The van der Waals surface area contributed by atoms with Crippen molar-refractivity contribution >= 4 is 11.7 Å². The molecule has 0 fully saturated rings. The number of hydrazone groups is 1. The van der Waals surface area contributed by atoms with Crippen LogP contribution in [0.2, 0.25) is 0 Å². The predicted molar refractivity (Wildman–Crippen MR) is 79.9 cm³/mol. The van der Waals surface area contributed by atoms with Crippen molar-refractivity contribution in [2.75, 3.05) is 0 Å². The van der Waals surface area contributed by atoms with Gasteiger partial charge in [0, 0.05) is 11.6 Å². The Morgan fingerprint density at radius 2 is 2.26 bits per heavy atom. The lowest BCUT2D eigenvalue weighted by Gasteiger charge is -2.21. The van der Waals surface area contributed by atoms with E-state index in [0.29, 0.717) is 5.92 Å². The first-order valence-electron chi connectivity index (χ1n) is 6.90. The Bertz CT molecular complexity index is 404. The number of primary amides is 1. The first-order chi connectivity index (χ1) is 8.99. The van der Waals surface area contributed by atoms with Gasteiger partial charge in [-0.25, -0.2) is 10.2 Å². The van der Waals surface area contributed by atoms with Crippen molar-refractivity contribution in [3.63, 3.8) is 0 Å². The quantitative estimate of drug-likeness (QED) is 0.445. The number of allylic oxidation sites excluding steroid dienone is 4. The molecule has 1 rings (SSSR count). The van der Waals surface area contributed by atoms with E-state index < -0.39 is 6.03 Å². The Morgan fingerprint density at radius 3 is 2.79 bits per heavy atom. The molecule has 0 spiro atoms. The van der Waals surface area contributed by atoms with Crippen LogP contribution < -0.4 is 11.2 Å². The maximum absolute atomic E-state index is 10.6. The molecule has 106 valence electrons. The number of nitrogens with zero attached hydrogens (tertiary/aromatic N) is 1. The van der Waals surface area contributed by atoms with Gasteiger partial charge in [0.2, 0.25) is 0 Å².